The van der Waals surface area contributed by atoms with Crippen LogP contribution in [0.2, 0.25) is 0 Å². The van der Waals surface area contributed by atoms with E-state index < -0.39 is 10.0 Å². The average molecular weight is 389 g/mol. The number of para-hydroxylation sites is 1. The van der Waals surface area contributed by atoms with E-state index in [0.29, 0.717) is 31.1 Å². The van der Waals surface area contributed by atoms with Crippen LogP contribution in [0.5, 0.6) is 5.75 Å². The maximum atomic E-state index is 13.2. The second kappa shape index (κ2) is 8.31. The molecule has 146 valence electrons. The van der Waals surface area contributed by atoms with Crippen molar-refractivity contribution < 1.29 is 13.2 Å². The number of piperazine rings is 1. The minimum atomic E-state index is -3.51. The maximum Gasteiger partial charge on any atom is 0.243 e. The second-order valence-electron chi connectivity index (χ2n) is 6.94. The van der Waals surface area contributed by atoms with Gasteiger partial charge in [0.2, 0.25) is 10.0 Å². The third-order valence-electron chi connectivity index (χ3n) is 5.34. The molecule has 0 spiro atoms. The highest BCUT2D eigenvalue weighted by atomic mass is 32.2. The summed E-state index contributed by atoms with van der Waals surface area (Å²) in [7, 11) is -1.88. The Bertz CT molecular complexity index is 860. The minimum absolute atomic E-state index is 0.241. The fourth-order valence-electron chi connectivity index (χ4n) is 3.45. The molecule has 5 nitrogen and oxygen atoms in total. The van der Waals surface area contributed by atoms with Crippen molar-refractivity contribution in [2.24, 2.45) is 0 Å². The van der Waals surface area contributed by atoms with Crippen LogP contribution in [0.15, 0.2) is 53.4 Å². The number of hydrogen-bond acceptors (Lipinski definition) is 4. The smallest absolute Gasteiger partial charge is 0.243 e. The molecule has 6 heteroatoms. The molecular formula is C21H28N2O3S. The molecule has 1 fully saturated rings. The van der Waals surface area contributed by atoms with Gasteiger partial charge in [0.1, 0.15) is 5.75 Å². The van der Waals surface area contributed by atoms with Crippen LogP contribution < -0.4 is 9.64 Å². The summed E-state index contributed by atoms with van der Waals surface area (Å²) in [6, 6.07) is 15.3. The highest BCUT2D eigenvalue weighted by Crippen LogP contribution is 2.32. The molecule has 27 heavy (non-hydrogen) atoms. The van der Waals surface area contributed by atoms with E-state index in [1.807, 2.05) is 18.2 Å². The number of rotatable bonds is 6. The summed E-state index contributed by atoms with van der Waals surface area (Å²) in [6.45, 7) is 6.54. The van der Waals surface area contributed by atoms with Gasteiger partial charge in [-0.1, -0.05) is 32.0 Å². The van der Waals surface area contributed by atoms with Gasteiger partial charge in [-0.15, -0.1) is 0 Å². The second-order valence-corrected chi connectivity index (χ2v) is 8.88. The number of anilines is 1. The molecule has 1 saturated heterocycles. The van der Waals surface area contributed by atoms with Crippen LogP contribution in [-0.4, -0.2) is 46.0 Å². The lowest BCUT2D eigenvalue weighted by Gasteiger charge is -2.35. The molecule has 1 aliphatic rings. The molecule has 0 saturated carbocycles. The Hall–Kier alpha value is -2.05. The number of benzene rings is 2. The standard InChI is InChI=1S/C21H28N2O3S/c1-4-17(2)20-16-19(10-11-21(20)26-3)27(24,25)23-14-12-22(13-15-23)18-8-6-5-7-9-18/h5-11,16-17H,4,12-15H2,1-3H3/t17-/m0/s1. The number of ether oxygens (including phenoxy) is 1. The predicted molar refractivity (Wildman–Crippen MR) is 109 cm³/mol. The molecule has 0 radical (unpaired) electrons. The molecular weight excluding hydrogens is 360 g/mol. The van der Waals surface area contributed by atoms with Crippen molar-refractivity contribution in [1.82, 2.24) is 4.31 Å². The number of methoxy groups -OCH3 is 1. The third-order valence-corrected chi connectivity index (χ3v) is 7.24. The zero-order valence-electron chi connectivity index (χ0n) is 16.3. The first-order chi connectivity index (χ1) is 13.0. The number of sulfonamides is 1. The molecule has 0 aliphatic carbocycles. The lowest BCUT2D eigenvalue weighted by Crippen LogP contribution is -2.48. The van der Waals surface area contributed by atoms with Gasteiger partial charge in [-0.25, -0.2) is 8.42 Å². The van der Waals surface area contributed by atoms with Gasteiger partial charge in [0, 0.05) is 31.9 Å². The SMILES string of the molecule is CC[C@H](C)c1cc(S(=O)(=O)N2CCN(c3ccccc3)CC2)ccc1OC. The Morgan fingerprint density at radius 1 is 1.04 bits per heavy atom. The molecule has 1 atom stereocenters. The molecule has 0 unspecified atom stereocenters. The first kappa shape index (κ1) is 19.7. The molecule has 1 heterocycles. The fraction of sp³-hybridized carbons (Fsp3) is 0.429. The first-order valence-corrected chi connectivity index (χ1v) is 10.9. The predicted octanol–water partition coefficient (Wildman–Crippen LogP) is 3.72. The van der Waals surface area contributed by atoms with Gasteiger partial charge in [-0.2, -0.15) is 4.31 Å². The van der Waals surface area contributed by atoms with Crippen LogP contribution in [0, 0.1) is 0 Å². The van der Waals surface area contributed by atoms with E-state index in [1.165, 1.54) is 0 Å². The van der Waals surface area contributed by atoms with E-state index in [1.54, 1.807) is 29.6 Å². The molecule has 2 aromatic carbocycles. The van der Waals surface area contributed by atoms with E-state index in [-0.39, 0.29) is 5.92 Å². The Labute approximate surface area is 162 Å². The van der Waals surface area contributed by atoms with Gasteiger partial charge in [0.05, 0.1) is 12.0 Å². The summed E-state index contributed by atoms with van der Waals surface area (Å²) in [6.07, 6.45) is 0.926. The Morgan fingerprint density at radius 2 is 1.70 bits per heavy atom. The molecule has 0 bridgehead atoms. The van der Waals surface area contributed by atoms with Crippen molar-refractivity contribution in [3.8, 4) is 5.75 Å². The van der Waals surface area contributed by atoms with Crippen molar-refractivity contribution in [3.05, 3.63) is 54.1 Å². The van der Waals surface area contributed by atoms with Gasteiger partial charge in [0.25, 0.3) is 0 Å². The topological polar surface area (TPSA) is 49.9 Å². The van der Waals surface area contributed by atoms with E-state index in [2.05, 4.69) is 30.9 Å². The van der Waals surface area contributed by atoms with E-state index in [4.69, 9.17) is 4.74 Å². The zero-order chi connectivity index (χ0) is 19.4. The summed E-state index contributed by atoms with van der Waals surface area (Å²) in [5.41, 5.74) is 2.09. The number of hydrogen-bond donors (Lipinski definition) is 0. The molecule has 0 N–H and O–H groups in total. The van der Waals surface area contributed by atoms with Crippen LogP contribution in [0.4, 0.5) is 5.69 Å². The van der Waals surface area contributed by atoms with Crippen LogP contribution in [0.3, 0.4) is 0 Å². The fourth-order valence-corrected chi connectivity index (χ4v) is 4.91. The lowest BCUT2D eigenvalue weighted by molar-refractivity contribution is 0.384. The monoisotopic (exact) mass is 388 g/mol. The lowest BCUT2D eigenvalue weighted by atomic mass is 9.98. The van der Waals surface area contributed by atoms with Crippen molar-refractivity contribution >= 4 is 15.7 Å². The Balaban J connectivity index is 1.79. The number of nitrogens with zero attached hydrogens (tertiary/aromatic N) is 2. The summed E-state index contributed by atoms with van der Waals surface area (Å²) < 4.78 is 33.3. The molecule has 0 aromatic heterocycles. The normalized spacial score (nSPS) is 16.9. The first-order valence-electron chi connectivity index (χ1n) is 9.45. The molecule has 1 aliphatic heterocycles. The summed E-state index contributed by atoms with van der Waals surface area (Å²) in [4.78, 5) is 2.58. The highest BCUT2D eigenvalue weighted by Gasteiger charge is 2.29. The Morgan fingerprint density at radius 3 is 2.30 bits per heavy atom. The third kappa shape index (κ3) is 4.12. The maximum absolute atomic E-state index is 13.2. The van der Waals surface area contributed by atoms with Gasteiger partial charge >= 0.3 is 0 Å². The molecule has 3 rings (SSSR count). The van der Waals surface area contributed by atoms with Crippen molar-refractivity contribution in [1.29, 1.82) is 0 Å². The minimum Gasteiger partial charge on any atom is -0.496 e. The van der Waals surface area contributed by atoms with Crippen LogP contribution in [0.1, 0.15) is 31.7 Å². The zero-order valence-corrected chi connectivity index (χ0v) is 17.1. The van der Waals surface area contributed by atoms with Crippen molar-refractivity contribution in [2.45, 2.75) is 31.1 Å². The van der Waals surface area contributed by atoms with Crippen molar-refractivity contribution in [2.75, 3.05) is 38.2 Å². The summed E-state index contributed by atoms with van der Waals surface area (Å²) in [5, 5.41) is 0. The summed E-state index contributed by atoms with van der Waals surface area (Å²) >= 11 is 0. The Kier molecular flexibility index (Phi) is 6.07. The quantitative estimate of drug-likeness (QED) is 0.757. The van der Waals surface area contributed by atoms with Crippen LogP contribution in [-0.2, 0) is 10.0 Å². The molecule has 2 aromatic rings. The highest BCUT2D eigenvalue weighted by molar-refractivity contribution is 7.89. The van der Waals surface area contributed by atoms with E-state index in [0.717, 1.165) is 23.4 Å². The van der Waals surface area contributed by atoms with Crippen molar-refractivity contribution in [3.63, 3.8) is 0 Å². The van der Waals surface area contributed by atoms with Gasteiger partial charge in [0.15, 0.2) is 0 Å². The van der Waals surface area contributed by atoms with Crippen LogP contribution >= 0.6 is 0 Å². The largest absolute Gasteiger partial charge is 0.496 e. The average Bonchev–Trinajstić information content (AvgIpc) is 2.73. The van der Waals surface area contributed by atoms with Crippen LogP contribution in [0.25, 0.3) is 0 Å². The molecule has 0 amide bonds. The van der Waals surface area contributed by atoms with E-state index >= 15 is 0 Å². The van der Waals surface area contributed by atoms with Gasteiger partial charge < -0.3 is 9.64 Å². The van der Waals surface area contributed by atoms with E-state index in [9.17, 15) is 8.42 Å². The van der Waals surface area contributed by atoms with Gasteiger partial charge in [-0.05, 0) is 48.2 Å². The summed E-state index contributed by atoms with van der Waals surface area (Å²) in [5.74, 6) is 0.988. The van der Waals surface area contributed by atoms with Gasteiger partial charge in [-0.3, -0.25) is 0 Å².